The number of hydrogen-bond donors (Lipinski definition) is 1. The summed E-state index contributed by atoms with van der Waals surface area (Å²) in [6.07, 6.45) is 8.37. The van der Waals surface area contributed by atoms with E-state index in [-0.39, 0.29) is 0 Å². The van der Waals surface area contributed by atoms with E-state index in [4.69, 9.17) is 0 Å². The molecular formula is C16H32N2. The van der Waals surface area contributed by atoms with Crippen molar-refractivity contribution in [1.29, 1.82) is 0 Å². The minimum absolute atomic E-state index is 0.451. The maximum absolute atomic E-state index is 3.94. The third-order valence-corrected chi connectivity index (χ3v) is 5.37. The third-order valence-electron chi connectivity index (χ3n) is 5.37. The highest BCUT2D eigenvalue weighted by Gasteiger charge is 2.41. The van der Waals surface area contributed by atoms with Crippen molar-refractivity contribution >= 4 is 0 Å². The molecule has 1 N–H and O–H groups in total. The number of nitrogens with one attached hydrogen (secondary N) is 1. The Balaban J connectivity index is 2.07. The standard InChI is InChI=1S/C16H32N2/c1-5-14(4)15-11-17-16(9-7-6-8-10-16)12-18(15)13(2)3/h13-15,17H,5-12H2,1-4H3. The molecular weight excluding hydrogens is 220 g/mol. The van der Waals surface area contributed by atoms with E-state index in [1.165, 1.54) is 51.6 Å². The van der Waals surface area contributed by atoms with Crippen LogP contribution in [0.15, 0.2) is 0 Å². The Kier molecular flexibility index (Phi) is 4.71. The van der Waals surface area contributed by atoms with Crippen molar-refractivity contribution < 1.29 is 0 Å². The molecule has 1 saturated carbocycles. The molecule has 1 spiro atoms. The zero-order valence-electron chi connectivity index (χ0n) is 12.8. The molecule has 2 fully saturated rings. The number of nitrogens with zero attached hydrogens (tertiary/aromatic N) is 1. The molecule has 0 radical (unpaired) electrons. The summed E-state index contributed by atoms with van der Waals surface area (Å²) < 4.78 is 0. The SMILES string of the molecule is CCC(C)C1CNC2(CCCCC2)CN1C(C)C. The fourth-order valence-electron chi connectivity index (χ4n) is 3.89. The van der Waals surface area contributed by atoms with Gasteiger partial charge in [-0.2, -0.15) is 0 Å². The summed E-state index contributed by atoms with van der Waals surface area (Å²) in [5.41, 5.74) is 0.451. The van der Waals surface area contributed by atoms with Crippen LogP contribution in [-0.4, -0.2) is 35.6 Å². The summed E-state index contributed by atoms with van der Waals surface area (Å²) in [5, 5.41) is 3.94. The van der Waals surface area contributed by atoms with Crippen molar-refractivity contribution in [3.8, 4) is 0 Å². The molecule has 2 atom stereocenters. The zero-order valence-corrected chi connectivity index (χ0v) is 12.8. The molecule has 0 amide bonds. The van der Waals surface area contributed by atoms with Crippen molar-refractivity contribution in [1.82, 2.24) is 10.2 Å². The van der Waals surface area contributed by atoms with E-state index in [2.05, 4.69) is 37.9 Å². The quantitative estimate of drug-likeness (QED) is 0.828. The highest BCUT2D eigenvalue weighted by Crippen LogP contribution is 2.34. The van der Waals surface area contributed by atoms with Crippen molar-refractivity contribution in [2.45, 2.75) is 83.8 Å². The number of rotatable bonds is 3. The topological polar surface area (TPSA) is 15.3 Å². The van der Waals surface area contributed by atoms with E-state index in [0.29, 0.717) is 11.6 Å². The fraction of sp³-hybridized carbons (Fsp3) is 1.00. The second kappa shape index (κ2) is 5.92. The zero-order chi connectivity index (χ0) is 13.2. The lowest BCUT2D eigenvalue weighted by Gasteiger charge is -2.52. The molecule has 0 bridgehead atoms. The van der Waals surface area contributed by atoms with Crippen molar-refractivity contribution in [2.75, 3.05) is 13.1 Å². The van der Waals surface area contributed by atoms with Crippen LogP contribution < -0.4 is 5.32 Å². The molecule has 18 heavy (non-hydrogen) atoms. The van der Waals surface area contributed by atoms with Gasteiger partial charge in [-0.1, -0.05) is 39.5 Å². The lowest BCUT2D eigenvalue weighted by Crippen LogP contribution is -2.67. The predicted octanol–water partition coefficient (Wildman–Crippen LogP) is 3.42. The normalized spacial score (nSPS) is 30.8. The maximum atomic E-state index is 3.94. The van der Waals surface area contributed by atoms with Gasteiger partial charge in [0, 0.05) is 30.7 Å². The molecule has 1 saturated heterocycles. The molecule has 2 heteroatoms. The predicted molar refractivity (Wildman–Crippen MR) is 78.9 cm³/mol. The van der Waals surface area contributed by atoms with E-state index in [0.717, 1.165) is 12.0 Å². The fourth-order valence-corrected chi connectivity index (χ4v) is 3.89. The Hall–Kier alpha value is -0.0800. The van der Waals surface area contributed by atoms with Gasteiger partial charge in [0.2, 0.25) is 0 Å². The van der Waals surface area contributed by atoms with Gasteiger partial charge in [-0.25, -0.2) is 0 Å². The first-order chi connectivity index (χ1) is 8.58. The van der Waals surface area contributed by atoms with E-state index in [1.807, 2.05) is 0 Å². The summed E-state index contributed by atoms with van der Waals surface area (Å²) in [6, 6.07) is 1.42. The second-order valence-electron chi connectivity index (χ2n) is 6.94. The number of piperazine rings is 1. The molecule has 2 nitrogen and oxygen atoms in total. The Morgan fingerprint density at radius 3 is 2.39 bits per heavy atom. The monoisotopic (exact) mass is 252 g/mol. The van der Waals surface area contributed by atoms with Crippen LogP contribution >= 0.6 is 0 Å². The Bertz CT molecular complexity index is 256. The molecule has 2 aliphatic rings. The van der Waals surface area contributed by atoms with Crippen LogP contribution in [0.3, 0.4) is 0 Å². The minimum atomic E-state index is 0.451. The van der Waals surface area contributed by atoms with Gasteiger partial charge >= 0.3 is 0 Å². The summed E-state index contributed by atoms with van der Waals surface area (Å²) in [7, 11) is 0. The van der Waals surface area contributed by atoms with E-state index < -0.39 is 0 Å². The van der Waals surface area contributed by atoms with Gasteiger partial charge < -0.3 is 5.32 Å². The molecule has 1 aliphatic heterocycles. The Morgan fingerprint density at radius 2 is 1.83 bits per heavy atom. The average molecular weight is 252 g/mol. The van der Waals surface area contributed by atoms with Gasteiger partial charge in [-0.3, -0.25) is 4.90 Å². The van der Waals surface area contributed by atoms with Crippen LogP contribution in [0, 0.1) is 5.92 Å². The molecule has 106 valence electrons. The molecule has 0 aromatic carbocycles. The van der Waals surface area contributed by atoms with Crippen molar-refractivity contribution in [3.63, 3.8) is 0 Å². The van der Waals surface area contributed by atoms with E-state index in [1.54, 1.807) is 0 Å². The Morgan fingerprint density at radius 1 is 1.17 bits per heavy atom. The van der Waals surface area contributed by atoms with Crippen LogP contribution in [0.2, 0.25) is 0 Å². The first-order valence-electron chi connectivity index (χ1n) is 8.09. The maximum Gasteiger partial charge on any atom is 0.0309 e. The highest BCUT2D eigenvalue weighted by atomic mass is 15.3. The summed E-state index contributed by atoms with van der Waals surface area (Å²) in [5.74, 6) is 0.806. The molecule has 1 heterocycles. The second-order valence-corrected chi connectivity index (χ2v) is 6.94. The first-order valence-corrected chi connectivity index (χ1v) is 8.09. The van der Waals surface area contributed by atoms with Gasteiger partial charge in [0.1, 0.15) is 0 Å². The summed E-state index contributed by atoms with van der Waals surface area (Å²) >= 11 is 0. The van der Waals surface area contributed by atoms with Gasteiger partial charge in [0.15, 0.2) is 0 Å². The first kappa shape index (κ1) is 14.3. The van der Waals surface area contributed by atoms with Crippen LogP contribution in [0.4, 0.5) is 0 Å². The molecule has 2 unspecified atom stereocenters. The number of hydrogen-bond acceptors (Lipinski definition) is 2. The largest absolute Gasteiger partial charge is 0.308 e. The van der Waals surface area contributed by atoms with Gasteiger partial charge in [-0.05, 0) is 32.6 Å². The van der Waals surface area contributed by atoms with Crippen LogP contribution in [-0.2, 0) is 0 Å². The smallest absolute Gasteiger partial charge is 0.0309 e. The highest BCUT2D eigenvalue weighted by molar-refractivity contribution is 5.01. The average Bonchev–Trinajstić information content (AvgIpc) is 2.38. The molecule has 1 aliphatic carbocycles. The summed E-state index contributed by atoms with van der Waals surface area (Å²) in [6.45, 7) is 12.0. The molecule has 0 aromatic rings. The van der Waals surface area contributed by atoms with Crippen molar-refractivity contribution in [2.24, 2.45) is 5.92 Å². The molecule has 0 aromatic heterocycles. The summed E-state index contributed by atoms with van der Waals surface area (Å²) in [4.78, 5) is 2.79. The third kappa shape index (κ3) is 2.91. The van der Waals surface area contributed by atoms with Crippen LogP contribution in [0.1, 0.15) is 66.2 Å². The Labute approximate surface area is 114 Å². The molecule has 2 rings (SSSR count). The van der Waals surface area contributed by atoms with Crippen molar-refractivity contribution in [3.05, 3.63) is 0 Å². The minimum Gasteiger partial charge on any atom is -0.308 e. The lowest BCUT2D eigenvalue weighted by molar-refractivity contribution is 0.0118. The van der Waals surface area contributed by atoms with Gasteiger partial charge in [0.25, 0.3) is 0 Å². The van der Waals surface area contributed by atoms with Gasteiger partial charge in [-0.15, -0.1) is 0 Å². The van der Waals surface area contributed by atoms with Crippen LogP contribution in [0.25, 0.3) is 0 Å². The van der Waals surface area contributed by atoms with Crippen LogP contribution in [0.5, 0.6) is 0 Å². The van der Waals surface area contributed by atoms with Gasteiger partial charge in [0.05, 0.1) is 0 Å². The van der Waals surface area contributed by atoms with E-state index in [9.17, 15) is 0 Å². The van der Waals surface area contributed by atoms with E-state index >= 15 is 0 Å². The lowest BCUT2D eigenvalue weighted by atomic mass is 9.78.